The van der Waals surface area contributed by atoms with Gasteiger partial charge in [0.1, 0.15) is 5.75 Å². The summed E-state index contributed by atoms with van der Waals surface area (Å²) in [7, 11) is 0. The molecule has 0 bridgehead atoms. The van der Waals surface area contributed by atoms with Crippen LogP contribution in [0.3, 0.4) is 0 Å². The summed E-state index contributed by atoms with van der Waals surface area (Å²) in [4.78, 5) is 25.3. The molecule has 1 amide bonds. The standard InChI is InChI=1S/C24H22ClNO3/c1-2-9-22(23(27)17-10-4-3-5-11-17)29-19-13-8-12-18(16-19)26-24(28)20-14-6-7-15-21(20)25/h3-8,10-16,22H,2,9H2,1H3,(H,26,28). The van der Waals surface area contributed by atoms with Gasteiger partial charge < -0.3 is 10.1 Å². The molecule has 0 aliphatic heterocycles. The Kier molecular flexibility index (Phi) is 7.04. The van der Waals surface area contributed by atoms with Gasteiger partial charge in [-0.2, -0.15) is 0 Å². The van der Waals surface area contributed by atoms with Crippen LogP contribution in [0, 0.1) is 0 Å². The van der Waals surface area contributed by atoms with Crippen molar-refractivity contribution in [3.8, 4) is 5.75 Å². The fourth-order valence-corrected chi connectivity index (χ4v) is 3.17. The van der Waals surface area contributed by atoms with Crippen LogP contribution in [0.4, 0.5) is 5.69 Å². The molecule has 1 N–H and O–H groups in total. The Hall–Kier alpha value is -3.11. The lowest BCUT2D eigenvalue weighted by molar-refractivity contribution is 0.0777. The number of benzene rings is 3. The zero-order valence-electron chi connectivity index (χ0n) is 16.1. The van der Waals surface area contributed by atoms with Crippen molar-refractivity contribution in [2.45, 2.75) is 25.9 Å². The van der Waals surface area contributed by atoms with E-state index in [1.807, 2.05) is 25.1 Å². The first-order chi connectivity index (χ1) is 14.1. The van der Waals surface area contributed by atoms with Crippen LogP contribution in [0.15, 0.2) is 78.9 Å². The van der Waals surface area contributed by atoms with Crippen LogP contribution in [-0.4, -0.2) is 17.8 Å². The molecule has 4 nitrogen and oxygen atoms in total. The summed E-state index contributed by atoms with van der Waals surface area (Å²) in [6.07, 6.45) is 0.827. The summed E-state index contributed by atoms with van der Waals surface area (Å²) in [6, 6.07) is 23.0. The maximum absolute atomic E-state index is 12.8. The van der Waals surface area contributed by atoms with Gasteiger partial charge in [0.25, 0.3) is 5.91 Å². The second-order valence-corrected chi connectivity index (χ2v) is 6.99. The first-order valence-electron chi connectivity index (χ1n) is 9.50. The Balaban J connectivity index is 1.74. The smallest absolute Gasteiger partial charge is 0.257 e. The average Bonchev–Trinajstić information content (AvgIpc) is 2.74. The Morgan fingerprint density at radius 3 is 2.41 bits per heavy atom. The number of halogens is 1. The van der Waals surface area contributed by atoms with Gasteiger partial charge >= 0.3 is 0 Å². The lowest BCUT2D eigenvalue weighted by Gasteiger charge is -2.18. The highest BCUT2D eigenvalue weighted by atomic mass is 35.5. The molecule has 0 spiro atoms. The van der Waals surface area contributed by atoms with Crippen LogP contribution in [-0.2, 0) is 0 Å². The third-order valence-electron chi connectivity index (χ3n) is 4.39. The third-order valence-corrected chi connectivity index (χ3v) is 4.72. The van der Waals surface area contributed by atoms with Gasteiger partial charge in [-0.1, -0.05) is 73.5 Å². The van der Waals surface area contributed by atoms with Crippen molar-refractivity contribution in [2.24, 2.45) is 0 Å². The van der Waals surface area contributed by atoms with Gasteiger partial charge in [0.05, 0.1) is 10.6 Å². The molecule has 148 valence electrons. The van der Waals surface area contributed by atoms with Crippen molar-refractivity contribution in [3.05, 3.63) is 95.0 Å². The lowest BCUT2D eigenvalue weighted by atomic mass is 10.0. The van der Waals surface area contributed by atoms with E-state index in [-0.39, 0.29) is 11.7 Å². The second-order valence-electron chi connectivity index (χ2n) is 6.59. The van der Waals surface area contributed by atoms with Crippen molar-refractivity contribution in [1.29, 1.82) is 0 Å². The summed E-state index contributed by atoms with van der Waals surface area (Å²) in [5.74, 6) is 0.154. The van der Waals surface area contributed by atoms with Crippen molar-refractivity contribution in [3.63, 3.8) is 0 Å². The Bertz CT molecular complexity index is 988. The van der Waals surface area contributed by atoms with E-state index >= 15 is 0 Å². The number of anilines is 1. The number of Topliss-reactive ketones (excluding diaryl/α,β-unsaturated/α-hetero) is 1. The minimum Gasteiger partial charge on any atom is -0.482 e. The molecule has 3 aromatic carbocycles. The first kappa shape index (κ1) is 20.6. The number of carbonyl (C=O) groups is 2. The van der Waals surface area contributed by atoms with Gasteiger partial charge in [-0.05, 0) is 30.7 Å². The minimum atomic E-state index is -0.586. The predicted molar refractivity (Wildman–Crippen MR) is 116 cm³/mol. The highest BCUT2D eigenvalue weighted by molar-refractivity contribution is 6.34. The Labute approximate surface area is 175 Å². The molecule has 1 atom stereocenters. The third kappa shape index (κ3) is 5.46. The van der Waals surface area contributed by atoms with Gasteiger partial charge in [0.15, 0.2) is 6.10 Å². The van der Waals surface area contributed by atoms with Crippen molar-refractivity contribution in [1.82, 2.24) is 0 Å². The summed E-state index contributed by atoms with van der Waals surface area (Å²) in [5.41, 5.74) is 1.58. The maximum atomic E-state index is 12.8. The molecule has 3 aromatic rings. The van der Waals surface area contributed by atoms with E-state index in [0.29, 0.717) is 34.0 Å². The topological polar surface area (TPSA) is 55.4 Å². The SMILES string of the molecule is CCCC(Oc1cccc(NC(=O)c2ccccc2Cl)c1)C(=O)c1ccccc1. The largest absolute Gasteiger partial charge is 0.482 e. The molecule has 29 heavy (non-hydrogen) atoms. The monoisotopic (exact) mass is 407 g/mol. The highest BCUT2D eigenvalue weighted by Gasteiger charge is 2.21. The number of hydrogen-bond donors (Lipinski definition) is 1. The molecule has 0 radical (unpaired) electrons. The molecule has 0 saturated carbocycles. The zero-order valence-corrected chi connectivity index (χ0v) is 16.9. The molecule has 0 heterocycles. The van der Waals surface area contributed by atoms with Crippen molar-refractivity contribution < 1.29 is 14.3 Å². The molecule has 5 heteroatoms. The van der Waals surface area contributed by atoms with Crippen LogP contribution >= 0.6 is 11.6 Å². The number of ether oxygens (including phenoxy) is 1. The van der Waals surface area contributed by atoms with Crippen molar-refractivity contribution >= 4 is 29.0 Å². The molecule has 0 aliphatic rings. The average molecular weight is 408 g/mol. The normalized spacial score (nSPS) is 11.5. The van der Waals surface area contributed by atoms with Crippen molar-refractivity contribution in [2.75, 3.05) is 5.32 Å². The van der Waals surface area contributed by atoms with E-state index in [1.165, 1.54) is 0 Å². The quantitative estimate of drug-likeness (QED) is 0.464. The van der Waals surface area contributed by atoms with Gasteiger partial charge in [-0.3, -0.25) is 9.59 Å². The maximum Gasteiger partial charge on any atom is 0.257 e. The number of nitrogens with one attached hydrogen (secondary N) is 1. The molecule has 0 aliphatic carbocycles. The Morgan fingerprint density at radius 2 is 1.69 bits per heavy atom. The zero-order chi connectivity index (χ0) is 20.6. The van der Waals surface area contributed by atoms with Gasteiger partial charge in [0.2, 0.25) is 5.78 Å². The summed E-state index contributed by atoms with van der Waals surface area (Å²) >= 11 is 6.09. The van der Waals surface area contributed by atoms with E-state index in [4.69, 9.17) is 16.3 Å². The lowest BCUT2D eigenvalue weighted by Crippen LogP contribution is -2.27. The molecular weight excluding hydrogens is 386 g/mol. The number of ketones is 1. The Morgan fingerprint density at radius 1 is 0.966 bits per heavy atom. The molecule has 1 unspecified atom stereocenters. The predicted octanol–water partition coefficient (Wildman–Crippen LogP) is 6.02. The molecule has 3 rings (SSSR count). The van der Waals surface area contributed by atoms with Crippen LogP contribution in [0.25, 0.3) is 0 Å². The van der Waals surface area contributed by atoms with Gasteiger partial charge in [-0.25, -0.2) is 0 Å². The minimum absolute atomic E-state index is 0.0574. The van der Waals surface area contributed by atoms with Crippen LogP contribution in [0.5, 0.6) is 5.75 Å². The molecule has 0 saturated heterocycles. The summed E-state index contributed by atoms with van der Waals surface area (Å²) in [6.45, 7) is 2.01. The van der Waals surface area contributed by atoms with Crippen LogP contribution in [0.1, 0.15) is 40.5 Å². The van der Waals surface area contributed by atoms with Gasteiger partial charge in [-0.15, -0.1) is 0 Å². The van der Waals surface area contributed by atoms with E-state index in [1.54, 1.807) is 60.7 Å². The summed E-state index contributed by atoms with van der Waals surface area (Å²) in [5, 5.41) is 3.20. The highest BCUT2D eigenvalue weighted by Crippen LogP contribution is 2.23. The number of amides is 1. The number of rotatable bonds is 8. The molecular formula is C24H22ClNO3. The van der Waals surface area contributed by atoms with E-state index in [9.17, 15) is 9.59 Å². The van der Waals surface area contributed by atoms with Crippen LogP contribution in [0.2, 0.25) is 5.02 Å². The number of hydrogen-bond acceptors (Lipinski definition) is 3. The summed E-state index contributed by atoms with van der Waals surface area (Å²) < 4.78 is 6.00. The first-order valence-corrected chi connectivity index (χ1v) is 9.88. The fourth-order valence-electron chi connectivity index (χ4n) is 2.95. The van der Waals surface area contributed by atoms with Crippen LogP contribution < -0.4 is 10.1 Å². The van der Waals surface area contributed by atoms with E-state index in [2.05, 4.69) is 5.32 Å². The number of carbonyl (C=O) groups excluding carboxylic acids is 2. The van der Waals surface area contributed by atoms with E-state index < -0.39 is 6.10 Å². The molecule has 0 aromatic heterocycles. The fraction of sp³-hybridized carbons (Fsp3) is 0.167. The van der Waals surface area contributed by atoms with Gasteiger partial charge in [0, 0.05) is 17.3 Å². The van der Waals surface area contributed by atoms with E-state index in [0.717, 1.165) is 6.42 Å². The second kappa shape index (κ2) is 9.89. The molecule has 0 fully saturated rings.